The highest BCUT2D eigenvalue weighted by Crippen LogP contribution is 2.14. The number of thioether (sulfide) groups is 1. The Morgan fingerprint density at radius 2 is 2.44 bits per heavy atom. The van der Waals surface area contributed by atoms with Gasteiger partial charge in [-0.3, -0.25) is 9.98 Å². The van der Waals surface area contributed by atoms with Crippen LogP contribution in [0.2, 0.25) is 0 Å². The second kappa shape index (κ2) is 5.34. The molecule has 3 nitrogen and oxygen atoms in total. The number of hydrogen-bond donors (Lipinski definition) is 1. The predicted molar refractivity (Wildman–Crippen MR) is 69.8 cm³/mol. The van der Waals surface area contributed by atoms with E-state index in [0.29, 0.717) is 12.6 Å². The lowest BCUT2D eigenvalue weighted by molar-refractivity contribution is 0.642. The van der Waals surface area contributed by atoms with Gasteiger partial charge in [0.15, 0.2) is 5.17 Å². The molecule has 1 fully saturated rings. The maximum absolute atomic E-state index is 4.55. The number of aliphatic imine (C=N–C) groups is 1. The average Bonchev–Trinajstić information content (AvgIpc) is 2.27. The van der Waals surface area contributed by atoms with Crippen LogP contribution in [0, 0.1) is 6.92 Å². The number of aryl methyl sites for hydroxylation is 1. The highest BCUT2D eigenvalue weighted by molar-refractivity contribution is 8.13. The van der Waals surface area contributed by atoms with Crippen molar-refractivity contribution in [3.8, 4) is 0 Å². The molecule has 1 unspecified atom stereocenters. The zero-order chi connectivity index (χ0) is 11.4. The first kappa shape index (κ1) is 11.5. The molecule has 86 valence electrons. The van der Waals surface area contributed by atoms with Crippen molar-refractivity contribution in [2.24, 2.45) is 4.99 Å². The smallest absolute Gasteiger partial charge is 0.157 e. The summed E-state index contributed by atoms with van der Waals surface area (Å²) in [7, 11) is 0. The summed E-state index contributed by atoms with van der Waals surface area (Å²) >= 11 is 1.80. The first-order valence-corrected chi connectivity index (χ1v) is 6.59. The third-order valence-corrected chi connectivity index (χ3v) is 3.45. The van der Waals surface area contributed by atoms with E-state index in [4.69, 9.17) is 0 Å². The number of nitrogens with zero attached hydrogens (tertiary/aromatic N) is 2. The first-order valence-electron chi connectivity index (χ1n) is 5.60. The standard InChI is InChI=1S/C12H17N3S/c1-9-4-3-5-11(14-9)8-13-12-15-10(2)6-7-16-12/h3-5,10H,6-8H2,1-2H3,(H,13,15). The SMILES string of the molecule is Cc1cccc(CN=C2NC(C)CCS2)n1. The molecule has 1 aromatic rings. The Morgan fingerprint density at radius 1 is 1.56 bits per heavy atom. The minimum Gasteiger partial charge on any atom is -0.362 e. The van der Waals surface area contributed by atoms with Crippen molar-refractivity contribution in [2.45, 2.75) is 32.9 Å². The van der Waals surface area contributed by atoms with Crippen molar-refractivity contribution in [1.82, 2.24) is 10.3 Å². The minimum absolute atomic E-state index is 0.547. The van der Waals surface area contributed by atoms with E-state index >= 15 is 0 Å². The molecular weight excluding hydrogens is 218 g/mol. The number of pyridine rings is 1. The van der Waals surface area contributed by atoms with E-state index in [1.165, 1.54) is 6.42 Å². The fourth-order valence-electron chi connectivity index (χ4n) is 1.59. The summed E-state index contributed by atoms with van der Waals surface area (Å²) in [6, 6.07) is 6.60. The van der Waals surface area contributed by atoms with Gasteiger partial charge in [0.05, 0.1) is 12.2 Å². The third kappa shape index (κ3) is 3.23. The second-order valence-electron chi connectivity index (χ2n) is 4.07. The van der Waals surface area contributed by atoms with E-state index in [9.17, 15) is 0 Å². The quantitative estimate of drug-likeness (QED) is 0.855. The molecule has 4 heteroatoms. The Kier molecular flexibility index (Phi) is 3.83. The summed E-state index contributed by atoms with van der Waals surface area (Å²) in [4.78, 5) is 8.98. The largest absolute Gasteiger partial charge is 0.362 e. The van der Waals surface area contributed by atoms with Gasteiger partial charge < -0.3 is 5.32 Å². The maximum Gasteiger partial charge on any atom is 0.157 e. The van der Waals surface area contributed by atoms with E-state index < -0.39 is 0 Å². The Hall–Kier alpha value is -1.03. The fourth-order valence-corrected chi connectivity index (χ4v) is 2.69. The van der Waals surface area contributed by atoms with Crippen molar-refractivity contribution >= 4 is 16.9 Å². The van der Waals surface area contributed by atoms with Gasteiger partial charge in [0.2, 0.25) is 0 Å². The Morgan fingerprint density at radius 3 is 3.19 bits per heavy atom. The zero-order valence-electron chi connectivity index (χ0n) is 9.73. The highest BCUT2D eigenvalue weighted by Gasteiger charge is 2.12. The van der Waals surface area contributed by atoms with Crippen LogP contribution < -0.4 is 5.32 Å². The minimum atomic E-state index is 0.547. The van der Waals surface area contributed by atoms with Gasteiger partial charge in [0.1, 0.15) is 0 Å². The van der Waals surface area contributed by atoms with E-state index in [-0.39, 0.29) is 0 Å². The van der Waals surface area contributed by atoms with E-state index in [1.807, 2.05) is 25.1 Å². The van der Waals surface area contributed by atoms with Gasteiger partial charge in [-0.1, -0.05) is 17.8 Å². The molecule has 1 saturated heterocycles. The van der Waals surface area contributed by atoms with Crippen LogP contribution in [-0.2, 0) is 6.54 Å². The Balaban J connectivity index is 1.97. The number of aromatic nitrogens is 1. The van der Waals surface area contributed by atoms with Crippen LogP contribution in [0.15, 0.2) is 23.2 Å². The molecule has 0 saturated carbocycles. The van der Waals surface area contributed by atoms with Crippen LogP contribution in [0.5, 0.6) is 0 Å². The van der Waals surface area contributed by atoms with Crippen molar-refractivity contribution in [3.63, 3.8) is 0 Å². The van der Waals surface area contributed by atoms with Crippen LogP contribution in [0.25, 0.3) is 0 Å². The Labute approximate surface area is 101 Å². The number of rotatable bonds is 2. The van der Waals surface area contributed by atoms with E-state index in [2.05, 4.69) is 22.2 Å². The molecule has 0 aromatic carbocycles. The zero-order valence-corrected chi connectivity index (χ0v) is 10.5. The second-order valence-corrected chi connectivity index (χ2v) is 5.16. The molecular formula is C12H17N3S. The molecule has 0 spiro atoms. The van der Waals surface area contributed by atoms with Crippen LogP contribution in [-0.4, -0.2) is 21.9 Å². The van der Waals surface area contributed by atoms with Crippen molar-refractivity contribution in [1.29, 1.82) is 0 Å². The lowest BCUT2D eigenvalue weighted by Gasteiger charge is -2.21. The van der Waals surface area contributed by atoms with Gasteiger partial charge in [-0.2, -0.15) is 0 Å². The van der Waals surface area contributed by atoms with Gasteiger partial charge in [0, 0.05) is 17.5 Å². The van der Waals surface area contributed by atoms with Crippen LogP contribution in [0.4, 0.5) is 0 Å². The summed E-state index contributed by atoms with van der Waals surface area (Å²) in [6.45, 7) is 4.87. The summed E-state index contributed by atoms with van der Waals surface area (Å²) in [6.07, 6.45) is 1.21. The topological polar surface area (TPSA) is 37.3 Å². The van der Waals surface area contributed by atoms with Gasteiger partial charge in [-0.25, -0.2) is 0 Å². The molecule has 0 amide bonds. The molecule has 1 aliphatic rings. The number of amidine groups is 1. The van der Waals surface area contributed by atoms with Gasteiger partial charge in [0.25, 0.3) is 0 Å². The van der Waals surface area contributed by atoms with Crippen molar-refractivity contribution in [3.05, 3.63) is 29.6 Å². The summed E-state index contributed by atoms with van der Waals surface area (Å²) in [5.74, 6) is 1.16. The lowest BCUT2D eigenvalue weighted by atomic mass is 10.3. The van der Waals surface area contributed by atoms with Gasteiger partial charge in [-0.05, 0) is 32.4 Å². The molecule has 0 radical (unpaired) electrons. The first-order chi connectivity index (χ1) is 7.74. The molecule has 2 rings (SSSR count). The summed E-state index contributed by atoms with van der Waals surface area (Å²) in [5.41, 5.74) is 2.09. The van der Waals surface area contributed by atoms with Crippen LogP contribution in [0.1, 0.15) is 24.7 Å². The van der Waals surface area contributed by atoms with Crippen LogP contribution in [0.3, 0.4) is 0 Å². The molecule has 0 aliphatic carbocycles. The summed E-state index contributed by atoms with van der Waals surface area (Å²) in [5, 5.41) is 4.44. The molecule has 1 aliphatic heterocycles. The third-order valence-electron chi connectivity index (χ3n) is 2.49. The predicted octanol–water partition coefficient (Wildman–Crippen LogP) is 2.36. The monoisotopic (exact) mass is 235 g/mol. The normalized spacial score (nSPS) is 23.1. The molecule has 2 heterocycles. The lowest BCUT2D eigenvalue weighted by Crippen LogP contribution is -2.35. The maximum atomic E-state index is 4.55. The van der Waals surface area contributed by atoms with Crippen LogP contribution >= 0.6 is 11.8 Å². The Bertz CT molecular complexity index is 390. The molecule has 1 atom stereocenters. The molecule has 0 bridgehead atoms. The average molecular weight is 235 g/mol. The van der Waals surface area contributed by atoms with Gasteiger partial charge in [-0.15, -0.1) is 0 Å². The molecule has 1 N–H and O–H groups in total. The van der Waals surface area contributed by atoms with E-state index in [0.717, 1.165) is 22.3 Å². The fraction of sp³-hybridized carbons (Fsp3) is 0.500. The molecule has 1 aromatic heterocycles. The number of hydrogen-bond acceptors (Lipinski definition) is 3. The van der Waals surface area contributed by atoms with E-state index in [1.54, 1.807) is 11.8 Å². The molecule has 16 heavy (non-hydrogen) atoms. The van der Waals surface area contributed by atoms with Crippen molar-refractivity contribution < 1.29 is 0 Å². The summed E-state index contributed by atoms with van der Waals surface area (Å²) < 4.78 is 0. The van der Waals surface area contributed by atoms with Gasteiger partial charge >= 0.3 is 0 Å². The highest BCUT2D eigenvalue weighted by atomic mass is 32.2. The van der Waals surface area contributed by atoms with Crippen molar-refractivity contribution in [2.75, 3.05) is 5.75 Å². The number of nitrogens with one attached hydrogen (secondary N) is 1.